The van der Waals surface area contributed by atoms with Crippen LogP contribution in [0.3, 0.4) is 0 Å². The summed E-state index contributed by atoms with van der Waals surface area (Å²) in [4.78, 5) is 19.6. The molecular weight excluding hydrogens is 275 g/mol. The third kappa shape index (κ3) is 3.10. The molecule has 0 saturated heterocycles. The number of nitrogens with one attached hydrogen (secondary N) is 1. The zero-order chi connectivity index (χ0) is 13.1. The van der Waals surface area contributed by atoms with E-state index in [0.29, 0.717) is 6.42 Å². The predicted octanol–water partition coefficient (Wildman–Crippen LogP) is 2.24. The van der Waals surface area contributed by atoms with Crippen LogP contribution in [0.25, 0.3) is 0 Å². The van der Waals surface area contributed by atoms with Gasteiger partial charge in [0.25, 0.3) is 0 Å². The van der Waals surface area contributed by atoms with E-state index in [2.05, 4.69) is 15.3 Å². The van der Waals surface area contributed by atoms with Crippen LogP contribution in [-0.2, 0) is 4.79 Å². The van der Waals surface area contributed by atoms with E-state index in [4.69, 9.17) is 28.9 Å². The first-order valence-electron chi connectivity index (χ1n) is 5.80. The van der Waals surface area contributed by atoms with E-state index in [1.54, 1.807) is 0 Å². The summed E-state index contributed by atoms with van der Waals surface area (Å²) in [7, 11) is 0. The molecule has 0 radical (unpaired) electrons. The smallest absolute Gasteiger partial charge is 0.227 e. The van der Waals surface area contributed by atoms with Crippen LogP contribution in [0.1, 0.15) is 25.7 Å². The predicted molar refractivity (Wildman–Crippen MR) is 70.6 cm³/mol. The molecule has 0 aliphatic heterocycles. The van der Waals surface area contributed by atoms with Crippen LogP contribution in [0, 0.1) is 5.92 Å². The molecule has 1 saturated carbocycles. The number of carbonyl (C=O) groups excluding carboxylic acids is 1. The van der Waals surface area contributed by atoms with Gasteiger partial charge in [0.05, 0.1) is 0 Å². The first-order chi connectivity index (χ1) is 8.58. The number of amides is 1. The SMILES string of the molecule is NC1CCCC(C(=O)Nc2c(Cl)ncnc2Cl)C1. The van der Waals surface area contributed by atoms with E-state index in [1.165, 1.54) is 6.33 Å². The second-order valence-corrected chi connectivity index (χ2v) is 5.16. The number of anilines is 1. The van der Waals surface area contributed by atoms with Crippen molar-refractivity contribution in [1.29, 1.82) is 0 Å². The normalized spacial score (nSPS) is 23.7. The zero-order valence-corrected chi connectivity index (χ0v) is 11.2. The highest BCUT2D eigenvalue weighted by atomic mass is 35.5. The Labute approximate surface area is 115 Å². The molecule has 1 aromatic rings. The molecular formula is C11H14Cl2N4O. The number of nitrogens with two attached hydrogens (primary N) is 1. The maximum atomic E-state index is 12.1. The average Bonchev–Trinajstić information content (AvgIpc) is 2.34. The van der Waals surface area contributed by atoms with Crippen LogP contribution in [0.4, 0.5) is 5.69 Å². The van der Waals surface area contributed by atoms with Crippen LogP contribution in [0.5, 0.6) is 0 Å². The Morgan fingerprint density at radius 3 is 2.61 bits per heavy atom. The highest BCUT2D eigenvalue weighted by Crippen LogP contribution is 2.29. The molecule has 1 aliphatic rings. The maximum Gasteiger partial charge on any atom is 0.227 e. The van der Waals surface area contributed by atoms with Gasteiger partial charge in [-0.25, -0.2) is 9.97 Å². The summed E-state index contributed by atoms with van der Waals surface area (Å²) in [5.41, 5.74) is 6.13. The Morgan fingerprint density at radius 1 is 1.33 bits per heavy atom. The summed E-state index contributed by atoms with van der Waals surface area (Å²) >= 11 is 11.7. The molecule has 1 aliphatic carbocycles. The lowest BCUT2D eigenvalue weighted by Gasteiger charge is -2.25. The Hall–Kier alpha value is -0.910. The van der Waals surface area contributed by atoms with Gasteiger partial charge in [-0.05, 0) is 19.3 Å². The van der Waals surface area contributed by atoms with Gasteiger partial charge >= 0.3 is 0 Å². The van der Waals surface area contributed by atoms with Gasteiger partial charge < -0.3 is 11.1 Å². The van der Waals surface area contributed by atoms with Gasteiger partial charge in [0, 0.05) is 12.0 Å². The quantitative estimate of drug-likeness (QED) is 0.818. The van der Waals surface area contributed by atoms with Gasteiger partial charge in [-0.2, -0.15) is 0 Å². The molecule has 3 N–H and O–H groups in total. The summed E-state index contributed by atoms with van der Waals surface area (Å²) in [6, 6.07) is 0.0902. The fourth-order valence-electron chi connectivity index (χ4n) is 2.14. The van der Waals surface area contributed by atoms with Crippen molar-refractivity contribution in [2.24, 2.45) is 11.7 Å². The largest absolute Gasteiger partial charge is 0.328 e. The molecule has 5 nitrogen and oxygen atoms in total. The molecule has 2 rings (SSSR count). The molecule has 2 unspecified atom stereocenters. The second-order valence-electron chi connectivity index (χ2n) is 4.44. The van der Waals surface area contributed by atoms with Crippen LogP contribution in [0.2, 0.25) is 10.3 Å². The lowest BCUT2D eigenvalue weighted by molar-refractivity contribution is -0.120. The van der Waals surface area contributed by atoms with Crippen molar-refractivity contribution < 1.29 is 4.79 Å². The fourth-order valence-corrected chi connectivity index (χ4v) is 2.55. The highest BCUT2D eigenvalue weighted by Gasteiger charge is 2.26. The number of aromatic nitrogens is 2. The number of carbonyl (C=O) groups is 1. The third-order valence-electron chi connectivity index (χ3n) is 3.09. The first kappa shape index (κ1) is 13.5. The third-order valence-corrected chi connectivity index (χ3v) is 3.66. The first-order valence-corrected chi connectivity index (χ1v) is 6.56. The minimum atomic E-state index is -0.122. The van der Waals surface area contributed by atoms with E-state index in [-0.39, 0.29) is 33.9 Å². The van der Waals surface area contributed by atoms with Gasteiger partial charge in [0.15, 0.2) is 10.3 Å². The molecule has 98 valence electrons. The molecule has 18 heavy (non-hydrogen) atoms. The minimum Gasteiger partial charge on any atom is -0.328 e. The highest BCUT2D eigenvalue weighted by molar-refractivity contribution is 6.38. The van der Waals surface area contributed by atoms with Crippen molar-refractivity contribution in [3.05, 3.63) is 16.6 Å². The summed E-state index contributed by atoms with van der Waals surface area (Å²) in [6.07, 6.45) is 4.71. The molecule has 0 spiro atoms. The summed E-state index contributed by atoms with van der Waals surface area (Å²) in [6.45, 7) is 0. The Balaban J connectivity index is 2.07. The number of nitrogens with zero attached hydrogens (tertiary/aromatic N) is 2. The van der Waals surface area contributed by atoms with Gasteiger partial charge in [0.1, 0.15) is 12.0 Å². The van der Waals surface area contributed by atoms with E-state index >= 15 is 0 Å². The monoisotopic (exact) mass is 288 g/mol. The minimum absolute atomic E-state index is 0.0902. The Morgan fingerprint density at radius 2 is 2.00 bits per heavy atom. The summed E-state index contributed by atoms with van der Waals surface area (Å²) < 4.78 is 0. The zero-order valence-electron chi connectivity index (χ0n) is 9.70. The molecule has 1 aromatic heterocycles. The molecule has 0 bridgehead atoms. The van der Waals surface area contributed by atoms with E-state index in [0.717, 1.165) is 19.3 Å². The molecule has 1 amide bonds. The topological polar surface area (TPSA) is 80.9 Å². The summed E-state index contributed by atoms with van der Waals surface area (Å²) in [5, 5.41) is 2.97. The van der Waals surface area contributed by atoms with Crippen LogP contribution in [0.15, 0.2) is 6.33 Å². The molecule has 1 heterocycles. The number of halogens is 2. The number of rotatable bonds is 2. The van der Waals surface area contributed by atoms with Crippen LogP contribution in [-0.4, -0.2) is 21.9 Å². The van der Waals surface area contributed by atoms with E-state index < -0.39 is 0 Å². The van der Waals surface area contributed by atoms with Gasteiger partial charge in [-0.15, -0.1) is 0 Å². The van der Waals surface area contributed by atoms with Crippen molar-refractivity contribution in [2.75, 3.05) is 5.32 Å². The lowest BCUT2D eigenvalue weighted by atomic mass is 9.85. The van der Waals surface area contributed by atoms with Crippen molar-refractivity contribution in [1.82, 2.24) is 9.97 Å². The van der Waals surface area contributed by atoms with E-state index in [9.17, 15) is 4.79 Å². The van der Waals surface area contributed by atoms with Crippen LogP contribution >= 0.6 is 23.2 Å². The Bertz CT molecular complexity index is 434. The van der Waals surface area contributed by atoms with Crippen molar-refractivity contribution in [3.8, 4) is 0 Å². The molecule has 0 aromatic carbocycles. The van der Waals surface area contributed by atoms with Crippen molar-refractivity contribution in [3.63, 3.8) is 0 Å². The summed E-state index contributed by atoms with van der Waals surface area (Å²) in [5.74, 6) is -0.218. The van der Waals surface area contributed by atoms with E-state index in [1.807, 2.05) is 0 Å². The lowest BCUT2D eigenvalue weighted by Crippen LogP contribution is -2.34. The molecule has 2 atom stereocenters. The maximum absolute atomic E-state index is 12.1. The fraction of sp³-hybridized carbons (Fsp3) is 0.545. The molecule has 7 heteroatoms. The van der Waals surface area contributed by atoms with Gasteiger partial charge in [-0.1, -0.05) is 29.6 Å². The van der Waals surface area contributed by atoms with Crippen molar-refractivity contribution in [2.45, 2.75) is 31.7 Å². The number of hydrogen-bond acceptors (Lipinski definition) is 4. The average molecular weight is 289 g/mol. The number of hydrogen-bond donors (Lipinski definition) is 2. The second kappa shape index (κ2) is 5.82. The van der Waals surface area contributed by atoms with Crippen LogP contribution < -0.4 is 11.1 Å². The van der Waals surface area contributed by atoms with Crippen molar-refractivity contribution >= 4 is 34.8 Å². The van der Waals surface area contributed by atoms with Gasteiger partial charge in [0.2, 0.25) is 5.91 Å². The Kier molecular flexibility index (Phi) is 4.37. The van der Waals surface area contributed by atoms with Gasteiger partial charge in [-0.3, -0.25) is 4.79 Å². The molecule has 1 fully saturated rings. The standard InChI is InChI=1S/C11H14Cl2N4O/c12-9-8(10(13)16-5-15-9)17-11(18)6-2-1-3-7(14)4-6/h5-7H,1-4,14H2,(H,17,18).